The van der Waals surface area contributed by atoms with Crippen LogP contribution in [-0.2, 0) is 10.0 Å². The zero-order valence-electron chi connectivity index (χ0n) is 15.1. The Labute approximate surface area is 159 Å². The van der Waals surface area contributed by atoms with Gasteiger partial charge in [0.2, 0.25) is 10.0 Å². The average Bonchev–Trinajstić information content (AvgIpc) is 2.70. The Bertz CT molecular complexity index is 996. The second-order valence-electron chi connectivity index (χ2n) is 6.17. The maximum atomic E-state index is 13.3. The first-order chi connectivity index (χ1) is 12.9. The van der Waals surface area contributed by atoms with Crippen LogP contribution in [0.5, 0.6) is 0 Å². The highest BCUT2D eigenvalue weighted by atomic mass is 32.2. The number of rotatable bonds is 6. The first-order valence-corrected chi connectivity index (χ1v) is 9.90. The molecule has 2 aromatic carbocycles. The summed E-state index contributed by atoms with van der Waals surface area (Å²) in [6.07, 6.45) is 1.64. The number of aromatic nitrogens is 1. The summed E-state index contributed by atoms with van der Waals surface area (Å²) in [6.45, 7) is 1.41. The van der Waals surface area contributed by atoms with Gasteiger partial charge in [-0.05, 0) is 36.8 Å². The minimum absolute atomic E-state index is 0.0783. The fourth-order valence-corrected chi connectivity index (χ4v) is 4.29. The van der Waals surface area contributed by atoms with Gasteiger partial charge in [0.05, 0.1) is 16.6 Å². The van der Waals surface area contributed by atoms with E-state index >= 15 is 0 Å². The van der Waals surface area contributed by atoms with Gasteiger partial charge in [-0.1, -0.05) is 48.5 Å². The van der Waals surface area contributed by atoms with Gasteiger partial charge in [-0.3, -0.25) is 9.78 Å². The lowest BCUT2D eigenvalue weighted by Crippen LogP contribution is -2.32. The van der Waals surface area contributed by atoms with Crippen LogP contribution in [0.25, 0.3) is 0 Å². The summed E-state index contributed by atoms with van der Waals surface area (Å²) in [5.74, 6) is -0.181. The molecule has 0 amide bonds. The minimum atomic E-state index is -3.85. The monoisotopic (exact) mass is 380 g/mol. The van der Waals surface area contributed by atoms with Gasteiger partial charge in [0, 0.05) is 18.8 Å². The molecule has 5 nitrogen and oxygen atoms in total. The van der Waals surface area contributed by atoms with Crippen LogP contribution in [0.2, 0.25) is 0 Å². The van der Waals surface area contributed by atoms with Gasteiger partial charge in [0.1, 0.15) is 0 Å². The van der Waals surface area contributed by atoms with E-state index in [9.17, 15) is 13.2 Å². The first-order valence-electron chi connectivity index (χ1n) is 8.46. The van der Waals surface area contributed by atoms with Crippen molar-refractivity contribution in [3.05, 3.63) is 95.8 Å². The number of hydrogen-bond acceptors (Lipinski definition) is 4. The minimum Gasteiger partial charge on any atom is -0.295 e. The fraction of sp³-hybridized carbons (Fsp3) is 0.143. The molecule has 0 fully saturated rings. The van der Waals surface area contributed by atoms with Crippen molar-refractivity contribution >= 4 is 15.8 Å². The first kappa shape index (κ1) is 18.9. The van der Waals surface area contributed by atoms with Crippen LogP contribution in [-0.4, -0.2) is 30.5 Å². The van der Waals surface area contributed by atoms with Gasteiger partial charge in [0.15, 0.2) is 5.78 Å². The van der Waals surface area contributed by atoms with E-state index in [1.807, 2.05) is 36.4 Å². The Balaban J connectivity index is 2.10. The molecule has 1 atom stereocenters. The van der Waals surface area contributed by atoms with Gasteiger partial charge < -0.3 is 0 Å². The van der Waals surface area contributed by atoms with Crippen molar-refractivity contribution in [1.82, 2.24) is 9.29 Å². The van der Waals surface area contributed by atoms with Crippen LogP contribution in [0.3, 0.4) is 0 Å². The molecule has 6 heteroatoms. The van der Waals surface area contributed by atoms with Crippen molar-refractivity contribution < 1.29 is 13.2 Å². The molecule has 0 aliphatic rings. The number of ketones is 1. The summed E-state index contributed by atoms with van der Waals surface area (Å²) in [6, 6.07) is 20.3. The Morgan fingerprint density at radius 1 is 0.963 bits per heavy atom. The van der Waals surface area contributed by atoms with Crippen molar-refractivity contribution in [1.29, 1.82) is 0 Å². The lowest BCUT2D eigenvalue weighted by atomic mass is 10.0. The molecule has 0 aliphatic carbocycles. The van der Waals surface area contributed by atoms with Gasteiger partial charge in [-0.2, -0.15) is 4.31 Å². The number of carbonyl (C=O) groups is 1. The molecule has 1 heterocycles. The van der Waals surface area contributed by atoms with Crippen LogP contribution in [0.15, 0.2) is 83.9 Å². The molecule has 0 spiro atoms. The van der Waals surface area contributed by atoms with Crippen LogP contribution < -0.4 is 0 Å². The third-order valence-corrected chi connectivity index (χ3v) is 6.18. The molecule has 0 saturated carbocycles. The highest BCUT2D eigenvalue weighted by Gasteiger charge is 2.31. The molecule has 27 heavy (non-hydrogen) atoms. The molecule has 1 unspecified atom stereocenters. The Morgan fingerprint density at radius 2 is 1.67 bits per heavy atom. The second-order valence-corrected chi connectivity index (χ2v) is 8.17. The average molecular weight is 380 g/mol. The lowest BCUT2D eigenvalue weighted by molar-refractivity contribution is 0.101. The van der Waals surface area contributed by atoms with E-state index in [2.05, 4.69) is 4.98 Å². The third-order valence-electron chi connectivity index (χ3n) is 4.36. The van der Waals surface area contributed by atoms with Crippen molar-refractivity contribution in [2.24, 2.45) is 0 Å². The van der Waals surface area contributed by atoms with Gasteiger partial charge in [0.25, 0.3) is 0 Å². The number of sulfonamides is 1. The van der Waals surface area contributed by atoms with Gasteiger partial charge >= 0.3 is 0 Å². The Kier molecular flexibility index (Phi) is 5.48. The normalized spacial score (nSPS) is 12.7. The summed E-state index contributed by atoms with van der Waals surface area (Å²) >= 11 is 0. The molecule has 1 aromatic heterocycles. The third kappa shape index (κ3) is 3.97. The molecular formula is C21H20N2O3S. The molecular weight excluding hydrogens is 360 g/mol. The highest BCUT2D eigenvalue weighted by Crippen LogP contribution is 2.31. The van der Waals surface area contributed by atoms with Gasteiger partial charge in [-0.25, -0.2) is 8.42 Å². The second kappa shape index (κ2) is 7.82. The smallest absolute Gasteiger partial charge is 0.243 e. The SMILES string of the molecule is CC(=O)c1cccc(S(=O)(=O)N(C)C(c2ccccc2)c2ccccn2)c1. The highest BCUT2D eigenvalue weighted by molar-refractivity contribution is 7.89. The van der Waals surface area contributed by atoms with Crippen molar-refractivity contribution in [3.8, 4) is 0 Å². The van der Waals surface area contributed by atoms with E-state index in [1.54, 1.807) is 30.5 Å². The topological polar surface area (TPSA) is 67.3 Å². The van der Waals surface area contributed by atoms with E-state index in [4.69, 9.17) is 0 Å². The van der Waals surface area contributed by atoms with Crippen LogP contribution >= 0.6 is 0 Å². The maximum absolute atomic E-state index is 13.3. The predicted molar refractivity (Wildman–Crippen MR) is 104 cm³/mol. The maximum Gasteiger partial charge on any atom is 0.243 e. The van der Waals surface area contributed by atoms with Crippen molar-refractivity contribution in [2.45, 2.75) is 17.9 Å². The van der Waals surface area contributed by atoms with Crippen LogP contribution in [0.4, 0.5) is 0 Å². The summed E-state index contributed by atoms with van der Waals surface area (Å²) in [4.78, 5) is 16.1. The van der Waals surface area contributed by atoms with Crippen molar-refractivity contribution in [3.63, 3.8) is 0 Å². The molecule has 0 bridgehead atoms. The van der Waals surface area contributed by atoms with Gasteiger partial charge in [-0.15, -0.1) is 0 Å². The zero-order chi connectivity index (χ0) is 19.4. The Hall–Kier alpha value is -2.83. The molecule has 0 radical (unpaired) electrons. The lowest BCUT2D eigenvalue weighted by Gasteiger charge is -2.27. The van der Waals surface area contributed by atoms with E-state index in [0.29, 0.717) is 11.3 Å². The number of benzene rings is 2. The molecule has 3 rings (SSSR count). The molecule has 3 aromatic rings. The molecule has 138 valence electrons. The number of hydrogen-bond donors (Lipinski definition) is 0. The zero-order valence-corrected chi connectivity index (χ0v) is 15.9. The van der Waals surface area contributed by atoms with Crippen molar-refractivity contribution in [2.75, 3.05) is 7.05 Å². The summed E-state index contributed by atoms with van der Waals surface area (Å²) in [5.41, 5.74) is 1.79. The predicted octanol–water partition coefficient (Wildman–Crippen LogP) is 3.69. The quantitative estimate of drug-likeness (QED) is 0.612. The van der Waals surface area contributed by atoms with Crippen LogP contribution in [0, 0.1) is 0 Å². The number of carbonyl (C=O) groups excluding carboxylic acids is 1. The van der Waals surface area contributed by atoms with E-state index < -0.39 is 16.1 Å². The summed E-state index contributed by atoms with van der Waals surface area (Å²) < 4.78 is 27.9. The molecule has 0 aliphatic heterocycles. The number of Topliss-reactive ketones (excluding diaryl/α,β-unsaturated/α-hetero) is 1. The number of nitrogens with zero attached hydrogens (tertiary/aromatic N) is 2. The standard InChI is InChI=1S/C21H20N2O3S/c1-16(24)18-11-8-12-19(15-18)27(25,26)23(2)21(17-9-4-3-5-10-17)20-13-6-7-14-22-20/h3-15,21H,1-2H3. The van der Waals surface area contributed by atoms with Crippen LogP contribution in [0.1, 0.15) is 34.6 Å². The summed E-state index contributed by atoms with van der Waals surface area (Å²) in [7, 11) is -2.32. The molecule has 0 N–H and O–H groups in total. The van der Waals surface area contributed by atoms with E-state index in [1.165, 1.54) is 30.4 Å². The number of pyridine rings is 1. The van der Waals surface area contributed by atoms with E-state index in [-0.39, 0.29) is 10.7 Å². The fourth-order valence-electron chi connectivity index (χ4n) is 2.92. The Morgan fingerprint density at radius 3 is 2.30 bits per heavy atom. The largest absolute Gasteiger partial charge is 0.295 e. The summed E-state index contributed by atoms with van der Waals surface area (Å²) in [5, 5.41) is 0. The molecule has 0 saturated heterocycles. The van der Waals surface area contributed by atoms with E-state index in [0.717, 1.165) is 5.56 Å².